The molecule has 2 saturated heterocycles. The van der Waals surface area contributed by atoms with Gasteiger partial charge in [-0.05, 0) is 30.2 Å². The Bertz CT molecular complexity index is 1010. The fourth-order valence-corrected chi connectivity index (χ4v) is 4.13. The van der Waals surface area contributed by atoms with E-state index in [1.165, 1.54) is 0 Å². The molecule has 29 heavy (non-hydrogen) atoms. The minimum absolute atomic E-state index is 0.0730. The number of halogens is 2. The molecule has 1 aromatic carbocycles. The van der Waals surface area contributed by atoms with E-state index < -0.39 is 12.0 Å². The number of rotatable bonds is 4. The van der Waals surface area contributed by atoms with Gasteiger partial charge in [0.25, 0.3) is 5.92 Å². The maximum absolute atomic E-state index is 13.8. The van der Waals surface area contributed by atoms with E-state index in [2.05, 4.69) is 25.7 Å². The maximum atomic E-state index is 13.8. The second kappa shape index (κ2) is 6.77. The summed E-state index contributed by atoms with van der Waals surface area (Å²) in [5, 5.41) is 28.2. The Morgan fingerprint density at radius 3 is 2.69 bits per heavy atom. The van der Waals surface area contributed by atoms with Crippen molar-refractivity contribution in [2.24, 2.45) is 0 Å². The normalized spacial score (nSPS) is 25.1. The van der Waals surface area contributed by atoms with Gasteiger partial charge >= 0.3 is 0 Å². The first-order chi connectivity index (χ1) is 14.0. The number of piperidine rings is 1. The molecule has 3 atom stereocenters. The van der Waals surface area contributed by atoms with Crippen LogP contribution in [0.5, 0.6) is 11.6 Å². The van der Waals surface area contributed by atoms with E-state index in [1.807, 2.05) is 6.07 Å². The van der Waals surface area contributed by atoms with Gasteiger partial charge in [0, 0.05) is 42.3 Å². The molecule has 5 rings (SSSR count). The smallest absolute Gasteiger partial charge is 0.264 e. The zero-order chi connectivity index (χ0) is 20.0. The molecule has 3 aromatic rings. The Morgan fingerprint density at radius 2 is 2.00 bits per heavy atom. The summed E-state index contributed by atoms with van der Waals surface area (Å²) < 4.78 is 33.5. The van der Waals surface area contributed by atoms with Gasteiger partial charge in [0.05, 0.1) is 17.9 Å². The molecular formula is C20H19F2N5O2. The molecule has 0 spiro atoms. The molecule has 4 heterocycles. The lowest BCUT2D eigenvalue weighted by Gasteiger charge is -2.29. The van der Waals surface area contributed by atoms with Gasteiger partial charge in [-0.2, -0.15) is 5.10 Å². The minimum Gasteiger partial charge on any atom is -0.507 e. The highest BCUT2D eigenvalue weighted by molar-refractivity contribution is 5.73. The van der Waals surface area contributed by atoms with Crippen LogP contribution in [0.3, 0.4) is 0 Å². The highest BCUT2D eigenvalue weighted by Gasteiger charge is 2.53. The lowest BCUT2D eigenvalue weighted by molar-refractivity contribution is -0.0195. The van der Waals surface area contributed by atoms with E-state index in [4.69, 9.17) is 4.74 Å². The fraction of sp³-hybridized carbons (Fsp3) is 0.350. The predicted molar refractivity (Wildman–Crippen MR) is 101 cm³/mol. The van der Waals surface area contributed by atoms with Crippen molar-refractivity contribution in [1.82, 2.24) is 25.7 Å². The van der Waals surface area contributed by atoms with Gasteiger partial charge in [-0.15, -0.1) is 10.2 Å². The molecule has 2 aromatic heterocycles. The lowest BCUT2D eigenvalue weighted by Crippen LogP contribution is -2.46. The van der Waals surface area contributed by atoms with Crippen LogP contribution in [0.1, 0.15) is 19.3 Å². The summed E-state index contributed by atoms with van der Waals surface area (Å²) >= 11 is 0. The van der Waals surface area contributed by atoms with Crippen LogP contribution in [0, 0.1) is 0 Å². The van der Waals surface area contributed by atoms with Gasteiger partial charge in [-0.1, -0.05) is 6.07 Å². The third kappa shape index (κ3) is 3.42. The maximum Gasteiger partial charge on any atom is 0.264 e. The molecule has 9 heteroatoms. The number of H-pyrrole nitrogens is 1. The first kappa shape index (κ1) is 18.0. The minimum atomic E-state index is -2.68. The summed E-state index contributed by atoms with van der Waals surface area (Å²) in [4.78, 5) is 0. The van der Waals surface area contributed by atoms with Crippen molar-refractivity contribution in [1.29, 1.82) is 0 Å². The van der Waals surface area contributed by atoms with Crippen LogP contribution in [0.2, 0.25) is 0 Å². The highest BCUT2D eigenvalue weighted by Crippen LogP contribution is 2.40. The van der Waals surface area contributed by atoms with E-state index in [0.717, 1.165) is 11.1 Å². The quantitative estimate of drug-likeness (QED) is 0.624. The summed E-state index contributed by atoms with van der Waals surface area (Å²) in [7, 11) is 0. The molecule has 3 N–H and O–H groups in total. The van der Waals surface area contributed by atoms with Crippen LogP contribution in [0.4, 0.5) is 8.78 Å². The van der Waals surface area contributed by atoms with Gasteiger partial charge in [0.15, 0.2) is 0 Å². The summed E-state index contributed by atoms with van der Waals surface area (Å²) in [6.07, 6.45) is 3.71. The van der Waals surface area contributed by atoms with Gasteiger partial charge < -0.3 is 15.2 Å². The number of phenolic OH excluding ortho intramolecular Hbond substituents is 1. The molecule has 150 valence electrons. The fourth-order valence-electron chi connectivity index (χ4n) is 4.13. The largest absolute Gasteiger partial charge is 0.507 e. The monoisotopic (exact) mass is 399 g/mol. The van der Waals surface area contributed by atoms with E-state index in [0.29, 0.717) is 17.7 Å². The molecule has 2 fully saturated rings. The highest BCUT2D eigenvalue weighted by atomic mass is 19.3. The molecule has 0 aliphatic carbocycles. The second-order valence-corrected chi connectivity index (χ2v) is 7.57. The molecular weight excluding hydrogens is 380 g/mol. The number of fused-ring (bicyclic) bond motifs is 2. The molecule has 0 saturated carbocycles. The molecule has 2 aliphatic rings. The number of aromatic amines is 1. The van der Waals surface area contributed by atoms with Crippen molar-refractivity contribution in [2.45, 2.75) is 43.4 Å². The Morgan fingerprint density at radius 1 is 1.10 bits per heavy atom. The SMILES string of the molecule is Oc1cc(-c2cn[nH]c2)ccc1-c1ccc(O[C@@H]2CC3CC(F)(F)C(C2)N3)nn1. The predicted octanol–water partition coefficient (Wildman–Crippen LogP) is 3.15. The van der Waals surface area contributed by atoms with E-state index in [-0.39, 0.29) is 36.6 Å². The van der Waals surface area contributed by atoms with Crippen molar-refractivity contribution < 1.29 is 18.6 Å². The van der Waals surface area contributed by atoms with Crippen molar-refractivity contribution >= 4 is 0 Å². The number of nitrogens with zero attached hydrogens (tertiary/aromatic N) is 3. The molecule has 0 radical (unpaired) electrons. The zero-order valence-electron chi connectivity index (χ0n) is 15.3. The second-order valence-electron chi connectivity index (χ2n) is 7.57. The van der Waals surface area contributed by atoms with Crippen LogP contribution < -0.4 is 10.1 Å². The Labute approximate surface area is 165 Å². The molecule has 2 aliphatic heterocycles. The van der Waals surface area contributed by atoms with Crippen LogP contribution in [0.25, 0.3) is 22.4 Å². The number of alkyl halides is 2. The van der Waals surface area contributed by atoms with Crippen LogP contribution in [-0.2, 0) is 0 Å². The number of benzene rings is 1. The average molecular weight is 399 g/mol. The van der Waals surface area contributed by atoms with Gasteiger partial charge in [0.2, 0.25) is 5.88 Å². The van der Waals surface area contributed by atoms with E-state index in [9.17, 15) is 13.9 Å². The first-order valence-electron chi connectivity index (χ1n) is 9.45. The third-order valence-corrected chi connectivity index (χ3v) is 5.54. The number of hydrogen-bond donors (Lipinski definition) is 3. The third-order valence-electron chi connectivity index (χ3n) is 5.54. The van der Waals surface area contributed by atoms with E-state index >= 15 is 0 Å². The van der Waals surface area contributed by atoms with Gasteiger partial charge in [0.1, 0.15) is 11.9 Å². The lowest BCUT2D eigenvalue weighted by atomic mass is 10.0. The number of ether oxygens (including phenoxy) is 1. The first-order valence-corrected chi connectivity index (χ1v) is 9.45. The zero-order valence-corrected chi connectivity index (χ0v) is 15.3. The van der Waals surface area contributed by atoms with Gasteiger partial charge in [-0.25, -0.2) is 8.78 Å². The number of aromatic nitrogens is 4. The van der Waals surface area contributed by atoms with E-state index in [1.54, 1.807) is 36.7 Å². The molecule has 0 amide bonds. The Hall–Kier alpha value is -3.07. The number of phenols is 1. The van der Waals surface area contributed by atoms with Crippen molar-refractivity contribution in [3.63, 3.8) is 0 Å². The summed E-state index contributed by atoms with van der Waals surface area (Å²) in [6, 6.07) is 7.52. The van der Waals surface area contributed by atoms with Crippen LogP contribution >= 0.6 is 0 Å². The number of hydrogen-bond acceptors (Lipinski definition) is 6. The summed E-state index contributed by atoms with van der Waals surface area (Å²) in [5.41, 5.74) is 2.72. The summed E-state index contributed by atoms with van der Waals surface area (Å²) in [5.74, 6) is -2.32. The van der Waals surface area contributed by atoms with Crippen molar-refractivity contribution in [3.8, 4) is 34.0 Å². The average Bonchev–Trinajstić information content (AvgIpc) is 3.29. The Balaban J connectivity index is 1.30. The molecule has 2 unspecified atom stereocenters. The molecule has 7 nitrogen and oxygen atoms in total. The standard InChI is InChI=1S/C20H19F2N5O2/c21-20(22)8-13-6-14(7-18(20)25-13)29-19-4-3-16(26-27-19)15-2-1-11(5-17(15)28)12-9-23-24-10-12/h1-5,9-10,13-14,18,25,28H,6-8H2,(H,23,24)/t13?,14-,18?/m1/s1. The van der Waals surface area contributed by atoms with Crippen LogP contribution in [-0.4, -0.2) is 49.6 Å². The van der Waals surface area contributed by atoms with Crippen molar-refractivity contribution in [2.75, 3.05) is 0 Å². The number of aromatic hydroxyl groups is 1. The van der Waals surface area contributed by atoms with Gasteiger partial charge in [-0.3, -0.25) is 5.10 Å². The topological polar surface area (TPSA) is 96.0 Å². The Kier molecular flexibility index (Phi) is 4.20. The molecule has 2 bridgehead atoms. The number of nitrogens with one attached hydrogen (secondary N) is 2. The van der Waals surface area contributed by atoms with Crippen LogP contribution in [0.15, 0.2) is 42.7 Å². The summed E-state index contributed by atoms with van der Waals surface area (Å²) in [6.45, 7) is 0. The van der Waals surface area contributed by atoms with Crippen molar-refractivity contribution in [3.05, 3.63) is 42.7 Å².